The number of ether oxygens (including phenoxy) is 1. The van der Waals surface area contributed by atoms with Gasteiger partial charge in [0.25, 0.3) is 0 Å². The maximum Gasteiger partial charge on any atom is 0.184 e. The summed E-state index contributed by atoms with van der Waals surface area (Å²) in [5.74, 6) is 0.0992. The Kier molecular flexibility index (Phi) is 5.36. The van der Waals surface area contributed by atoms with Crippen LogP contribution < -0.4 is 10.6 Å². The molecule has 6 nitrogen and oxygen atoms in total. The van der Waals surface area contributed by atoms with Gasteiger partial charge in [0.1, 0.15) is 9.90 Å². The first-order valence-corrected chi connectivity index (χ1v) is 8.13. The Morgan fingerprint density at radius 3 is 2.67 bits per heavy atom. The van der Waals surface area contributed by atoms with E-state index in [1.807, 2.05) is 11.8 Å². The van der Waals surface area contributed by atoms with Crippen LogP contribution in [0.25, 0.3) is 0 Å². The molecule has 1 rings (SSSR count). The largest absolute Gasteiger partial charge is 0.382 e. The first-order valence-electron chi connectivity index (χ1n) is 5.70. The average molecular weight is 293 g/mol. The molecule has 1 aromatic rings. The molecule has 0 bridgehead atoms. The highest BCUT2D eigenvalue weighted by Crippen LogP contribution is 2.34. The lowest BCUT2D eigenvalue weighted by Gasteiger charge is -2.18. The molecule has 0 fully saturated rings. The Labute approximate surface area is 112 Å². The number of hydrogen-bond acceptors (Lipinski definition) is 7. The van der Waals surface area contributed by atoms with E-state index in [-0.39, 0.29) is 16.5 Å². The normalized spacial score (nSPS) is 11.7. The third kappa shape index (κ3) is 3.33. The van der Waals surface area contributed by atoms with E-state index in [1.165, 1.54) is 0 Å². The Hall–Kier alpha value is -0.860. The van der Waals surface area contributed by atoms with E-state index >= 15 is 0 Å². The summed E-state index contributed by atoms with van der Waals surface area (Å²) in [5, 5.41) is 0.578. The van der Waals surface area contributed by atoms with E-state index in [1.54, 1.807) is 14.0 Å². The SMILES string of the molecule is CCOCCN(C)c1snc(N)c1S(=O)(=O)CC. The van der Waals surface area contributed by atoms with Crippen LogP contribution in [0.2, 0.25) is 0 Å². The maximum atomic E-state index is 12.0. The van der Waals surface area contributed by atoms with Gasteiger partial charge >= 0.3 is 0 Å². The van der Waals surface area contributed by atoms with Gasteiger partial charge in [0, 0.05) is 20.2 Å². The van der Waals surface area contributed by atoms with Crippen LogP contribution in [0.4, 0.5) is 10.8 Å². The van der Waals surface area contributed by atoms with E-state index in [2.05, 4.69) is 4.37 Å². The molecule has 0 aliphatic rings. The second-order valence-corrected chi connectivity index (χ2v) is 6.69. The molecule has 1 aromatic heterocycles. The molecule has 0 unspecified atom stereocenters. The maximum absolute atomic E-state index is 12.0. The van der Waals surface area contributed by atoms with Crippen molar-refractivity contribution >= 4 is 32.2 Å². The summed E-state index contributed by atoms with van der Waals surface area (Å²) >= 11 is 1.10. The number of nitrogens with two attached hydrogens (primary N) is 1. The number of nitrogens with zero attached hydrogens (tertiary/aromatic N) is 2. The third-order valence-corrected chi connectivity index (χ3v) is 5.36. The second-order valence-electron chi connectivity index (χ2n) is 3.72. The fourth-order valence-electron chi connectivity index (χ4n) is 1.41. The van der Waals surface area contributed by atoms with Gasteiger partial charge in [0.15, 0.2) is 15.7 Å². The number of anilines is 2. The summed E-state index contributed by atoms with van der Waals surface area (Å²) in [5.41, 5.74) is 5.66. The van der Waals surface area contributed by atoms with E-state index in [0.29, 0.717) is 24.8 Å². The van der Waals surface area contributed by atoms with Crippen LogP contribution in [0.5, 0.6) is 0 Å². The first kappa shape index (κ1) is 15.2. The lowest BCUT2D eigenvalue weighted by molar-refractivity contribution is 0.154. The molecule has 0 saturated heterocycles. The Morgan fingerprint density at radius 1 is 1.44 bits per heavy atom. The molecule has 0 atom stereocenters. The highest BCUT2D eigenvalue weighted by atomic mass is 32.2. The molecule has 0 amide bonds. The van der Waals surface area contributed by atoms with Gasteiger partial charge in [-0.2, -0.15) is 4.37 Å². The van der Waals surface area contributed by atoms with Crippen LogP contribution in [0, 0.1) is 0 Å². The molecule has 0 radical (unpaired) electrons. The van der Waals surface area contributed by atoms with Crippen molar-refractivity contribution in [2.24, 2.45) is 0 Å². The third-order valence-electron chi connectivity index (χ3n) is 2.47. The monoisotopic (exact) mass is 293 g/mol. The van der Waals surface area contributed by atoms with Crippen LogP contribution in [0.3, 0.4) is 0 Å². The van der Waals surface area contributed by atoms with Crippen LogP contribution in [-0.2, 0) is 14.6 Å². The fraction of sp³-hybridized carbons (Fsp3) is 0.700. The van der Waals surface area contributed by atoms with Crippen molar-refractivity contribution in [2.45, 2.75) is 18.7 Å². The molecular weight excluding hydrogens is 274 g/mol. The summed E-state index contributed by atoms with van der Waals surface area (Å²) in [6, 6.07) is 0. The molecule has 0 spiro atoms. The van der Waals surface area contributed by atoms with E-state index in [9.17, 15) is 8.42 Å². The number of aromatic nitrogens is 1. The summed E-state index contributed by atoms with van der Waals surface area (Å²) in [6.07, 6.45) is 0. The molecule has 2 N–H and O–H groups in total. The van der Waals surface area contributed by atoms with Crippen LogP contribution in [0.1, 0.15) is 13.8 Å². The van der Waals surface area contributed by atoms with Gasteiger partial charge in [-0.3, -0.25) is 0 Å². The Balaban J connectivity index is 2.97. The summed E-state index contributed by atoms with van der Waals surface area (Å²) < 4.78 is 33.1. The molecule has 18 heavy (non-hydrogen) atoms. The highest BCUT2D eigenvalue weighted by Gasteiger charge is 2.25. The van der Waals surface area contributed by atoms with Crippen molar-refractivity contribution in [3.8, 4) is 0 Å². The zero-order valence-electron chi connectivity index (χ0n) is 10.8. The Morgan fingerprint density at radius 2 is 2.11 bits per heavy atom. The summed E-state index contributed by atoms with van der Waals surface area (Å²) in [7, 11) is -1.55. The minimum absolute atomic E-state index is 0.0158. The highest BCUT2D eigenvalue weighted by molar-refractivity contribution is 7.91. The molecule has 0 saturated carbocycles. The second kappa shape index (κ2) is 6.35. The standard InChI is InChI=1S/C10H19N3O3S2/c1-4-16-7-6-13(3)10-8(9(11)12-17-10)18(14,15)5-2/h4-7H2,1-3H3,(H2,11,12). The topological polar surface area (TPSA) is 85.5 Å². The van der Waals surface area contributed by atoms with Gasteiger partial charge in [-0.05, 0) is 18.5 Å². The summed E-state index contributed by atoms with van der Waals surface area (Å²) in [6.45, 7) is 5.28. The van der Waals surface area contributed by atoms with E-state index < -0.39 is 9.84 Å². The molecule has 1 heterocycles. The minimum atomic E-state index is -3.35. The number of nitrogen functional groups attached to an aromatic ring is 1. The average Bonchev–Trinajstić information content (AvgIpc) is 2.72. The number of rotatable bonds is 7. The molecular formula is C10H19N3O3S2. The first-order chi connectivity index (χ1) is 8.44. The number of likely N-dealkylation sites (N-methyl/N-ethyl adjacent to an activating group) is 1. The Bertz CT molecular complexity index is 485. The number of sulfone groups is 1. The lowest BCUT2D eigenvalue weighted by atomic mass is 10.5. The van der Waals surface area contributed by atoms with Crippen molar-refractivity contribution in [1.29, 1.82) is 0 Å². The van der Waals surface area contributed by atoms with E-state index in [0.717, 1.165) is 11.5 Å². The lowest BCUT2D eigenvalue weighted by Crippen LogP contribution is -2.23. The predicted molar refractivity (Wildman–Crippen MR) is 74.0 cm³/mol. The van der Waals surface area contributed by atoms with Crippen molar-refractivity contribution < 1.29 is 13.2 Å². The van der Waals surface area contributed by atoms with Crippen LogP contribution >= 0.6 is 11.5 Å². The quantitative estimate of drug-likeness (QED) is 0.755. The molecule has 104 valence electrons. The molecule has 0 aliphatic carbocycles. The summed E-state index contributed by atoms with van der Waals surface area (Å²) in [4.78, 5) is 1.96. The van der Waals surface area contributed by atoms with Crippen molar-refractivity contribution in [3.63, 3.8) is 0 Å². The van der Waals surface area contributed by atoms with Gasteiger partial charge in [0.2, 0.25) is 0 Å². The fourth-order valence-corrected chi connectivity index (χ4v) is 3.73. The van der Waals surface area contributed by atoms with Gasteiger partial charge in [-0.15, -0.1) is 0 Å². The van der Waals surface area contributed by atoms with Gasteiger partial charge < -0.3 is 15.4 Å². The molecule has 0 aromatic carbocycles. The molecule has 8 heteroatoms. The van der Waals surface area contributed by atoms with Crippen molar-refractivity contribution in [2.75, 3.05) is 43.2 Å². The minimum Gasteiger partial charge on any atom is -0.382 e. The van der Waals surface area contributed by atoms with Crippen molar-refractivity contribution in [1.82, 2.24) is 4.37 Å². The molecule has 0 aliphatic heterocycles. The predicted octanol–water partition coefficient (Wildman–Crippen LogP) is 0.992. The number of hydrogen-bond donors (Lipinski definition) is 1. The van der Waals surface area contributed by atoms with Gasteiger partial charge in [0.05, 0.1) is 12.4 Å². The van der Waals surface area contributed by atoms with Gasteiger partial charge in [-0.1, -0.05) is 6.92 Å². The van der Waals surface area contributed by atoms with Gasteiger partial charge in [-0.25, -0.2) is 8.42 Å². The van der Waals surface area contributed by atoms with Crippen LogP contribution in [-0.4, -0.2) is 45.4 Å². The zero-order chi connectivity index (χ0) is 13.8. The van der Waals surface area contributed by atoms with E-state index in [4.69, 9.17) is 10.5 Å². The van der Waals surface area contributed by atoms with Crippen molar-refractivity contribution in [3.05, 3.63) is 0 Å². The van der Waals surface area contributed by atoms with Crippen LogP contribution in [0.15, 0.2) is 4.90 Å². The zero-order valence-corrected chi connectivity index (χ0v) is 12.5. The smallest absolute Gasteiger partial charge is 0.184 e.